The molecule has 2 heterocycles. The SMILES string of the molecule is CC(C)(C)OC(=O)N1CCC(C(O)CN2CCN(c3ccc(S(C)(=O)=O)cc3)CC2)CC1. The fourth-order valence-corrected chi connectivity index (χ4v) is 4.93. The van der Waals surface area contributed by atoms with Crippen LogP contribution in [0.5, 0.6) is 0 Å². The largest absolute Gasteiger partial charge is 0.444 e. The Labute approximate surface area is 192 Å². The molecule has 1 unspecified atom stereocenters. The van der Waals surface area contributed by atoms with Gasteiger partial charge in [0.1, 0.15) is 5.60 Å². The molecule has 0 spiro atoms. The van der Waals surface area contributed by atoms with E-state index >= 15 is 0 Å². The van der Waals surface area contributed by atoms with E-state index in [1.807, 2.05) is 32.9 Å². The highest BCUT2D eigenvalue weighted by molar-refractivity contribution is 7.90. The molecule has 2 saturated heterocycles. The second kappa shape index (κ2) is 9.97. The summed E-state index contributed by atoms with van der Waals surface area (Å²) >= 11 is 0. The molecule has 180 valence electrons. The van der Waals surface area contributed by atoms with Crippen molar-refractivity contribution in [1.29, 1.82) is 0 Å². The fourth-order valence-electron chi connectivity index (χ4n) is 4.30. The Balaban J connectivity index is 1.42. The van der Waals surface area contributed by atoms with Crippen LogP contribution in [0, 0.1) is 5.92 Å². The van der Waals surface area contributed by atoms with Crippen molar-refractivity contribution in [2.45, 2.75) is 50.2 Å². The van der Waals surface area contributed by atoms with Crippen molar-refractivity contribution >= 4 is 21.6 Å². The Kier molecular flexibility index (Phi) is 7.73. The first-order valence-corrected chi connectivity index (χ1v) is 13.2. The van der Waals surface area contributed by atoms with E-state index in [-0.39, 0.29) is 12.0 Å². The van der Waals surface area contributed by atoms with E-state index in [2.05, 4.69) is 9.80 Å². The molecule has 1 amide bonds. The van der Waals surface area contributed by atoms with Crippen LogP contribution in [0.3, 0.4) is 0 Å². The number of aliphatic hydroxyl groups is 1. The summed E-state index contributed by atoms with van der Waals surface area (Å²) in [6, 6.07) is 7.04. The molecule has 2 fully saturated rings. The lowest BCUT2D eigenvalue weighted by atomic mass is 9.91. The molecule has 1 aromatic carbocycles. The van der Waals surface area contributed by atoms with E-state index < -0.39 is 21.5 Å². The number of hydrogen-bond donors (Lipinski definition) is 1. The van der Waals surface area contributed by atoms with Gasteiger partial charge in [0.15, 0.2) is 9.84 Å². The van der Waals surface area contributed by atoms with E-state index in [4.69, 9.17) is 4.74 Å². The van der Waals surface area contributed by atoms with Gasteiger partial charge in [-0.25, -0.2) is 13.2 Å². The zero-order valence-electron chi connectivity index (χ0n) is 19.7. The number of β-amino-alcohol motifs (C(OH)–C–C–N with tert-alkyl or cyclic N) is 1. The maximum absolute atomic E-state index is 12.2. The number of carbonyl (C=O) groups is 1. The van der Waals surface area contributed by atoms with Gasteiger partial charge in [0.2, 0.25) is 0 Å². The van der Waals surface area contributed by atoms with Gasteiger partial charge in [0.05, 0.1) is 11.0 Å². The van der Waals surface area contributed by atoms with Gasteiger partial charge < -0.3 is 19.6 Å². The van der Waals surface area contributed by atoms with E-state index in [0.29, 0.717) is 24.5 Å². The van der Waals surface area contributed by atoms with Crippen LogP contribution in [0.1, 0.15) is 33.6 Å². The Morgan fingerprint density at radius 3 is 2.12 bits per heavy atom. The lowest BCUT2D eigenvalue weighted by molar-refractivity contribution is 0.00171. The van der Waals surface area contributed by atoms with E-state index in [0.717, 1.165) is 44.7 Å². The predicted molar refractivity (Wildman–Crippen MR) is 125 cm³/mol. The van der Waals surface area contributed by atoms with Crippen molar-refractivity contribution < 1.29 is 23.1 Å². The number of ether oxygens (including phenoxy) is 1. The van der Waals surface area contributed by atoms with Crippen LogP contribution in [0.4, 0.5) is 10.5 Å². The van der Waals surface area contributed by atoms with Gasteiger partial charge in [0.25, 0.3) is 0 Å². The van der Waals surface area contributed by atoms with Gasteiger partial charge in [-0.15, -0.1) is 0 Å². The molecule has 1 N–H and O–H groups in total. The van der Waals surface area contributed by atoms with Crippen LogP contribution in [0.25, 0.3) is 0 Å². The van der Waals surface area contributed by atoms with Gasteiger partial charge >= 0.3 is 6.09 Å². The number of anilines is 1. The highest BCUT2D eigenvalue weighted by Gasteiger charge is 2.31. The Morgan fingerprint density at radius 2 is 1.62 bits per heavy atom. The average molecular weight is 468 g/mol. The first kappa shape index (κ1) is 24.8. The molecular weight excluding hydrogens is 430 g/mol. The second-order valence-corrected chi connectivity index (χ2v) is 11.9. The zero-order valence-corrected chi connectivity index (χ0v) is 20.5. The second-order valence-electron chi connectivity index (χ2n) is 9.93. The Morgan fingerprint density at radius 1 is 1.06 bits per heavy atom. The number of sulfone groups is 1. The van der Waals surface area contributed by atoms with Gasteiger partial charge in [-0.05, 0) is 63.8 Å². The molecule has 9 heteroatoms. The summed E-state index contributed by atoms with van der Waals surface area (Å²) in [5.41, 5.74) is 0.526. The van der Waals surface area contributed by atoms with Crippen LogP contribution in [0.15, 0.2) is 29.2 Å². The number of piperazine rings is 1. The highest BCUT2D eigenvalue weighted by Crippen LogP contribution is 2.24. The van der Waals surface area contributed by atoms with Crippen LogP contribution >= 0.6 is 0 Å². The van der Waals surface area contributed by atoms with Crippen molar-refractivity contribution in [1.82, 2.24) is 9.80 Å². The third-order valence-corrected chi connectivity index (χ3v) is 7.31. The molecule has 2 aliphatic heterocycles. The molecule has 32 heavy (non-hydrogen) atoms. The zero-order chi connectivity index (χ0) is 23.5. The highest BCUT2D eigenvalue weighted by atomic mass is 32.2. The lowest BCUT2D eigenvalue weighted by Gasteiger charge is -2.39. The standard InChI is InChI=1S/C23H37N3O5S/c1-23(2,3)31-22(28)26-11-9-18(10-12-26)21(27)17-24-13-15-25(16-14-24)19-5-7-20(8-6-19)32(4,29)30/h5-8,18,21,27H,9-17H2,1-4H3. The normalized spacial score (nSPS) is 20.3. The minimum absolute atomic E-state index is 0.190. The minimum atomic E-state index is -3.18. The van der Waals surface area contributed by atoms with Crippen molar-refractivity contribution in [2.75, 3.05) is 57.0 Å². The first-order valence-electron chi connectivity index (χ1n) is 11.4. The van der Waals surface area contributed by atoms with Crippen LogP contribution in [0.2, 0.25) is 0 Å². The summed E-state index contributed by atoms with van der Waals surface area (Å²) in [6.45, 7) is 10.8. The first-order chi connectivity index (χ1) is 14.9. The van der Waals surface area contributed by atoms with Crippen molar-refractivity contribution in [3.8, 4) is 0 Å². The third kappa shape index (κ3) is 6.83. The monoisotopic (exact) mass is 467 g/mol. The van der Waals surface area contributed by atoms with Gasteiger partial charge in [0, 0.05) is 57.8 Å². The molecule has 0 aliphatic carbocycles. The van der Waals surface area contributed by atoms with E-state index in [9.17, 15) is 18.3 Å². The molecule has 8 nitrogen and oxygen atoms in total. The van der Waals surface area contributed by atoms with Gasteiger partial charge in [-0.3, -0.25) is 4.90 Å². The molecule has 0 radical (unpaired) electrons. The van der Waals surface area contributed by atoms with Crippen molar-refractivity contribution in [3.05, 3.63) is 24.3 Å². The summed E-state index contributed by atoms with van der Waals surface area (Å²) in [5.74, 6) is 0.190. The molecule has 2 aliphatic rings. The van der Waals surface area contributed by atoms with Crippen molar-refractivity contribution in [3.63, 3.8) is 0 Å². The maximum Gasteiger partial charge on any atom is 0.410 e. The molecule has 1 atom stereocenters. The number of nitrogens with zero attached hydrogens (tertiary/aromatic N) is 3. The summed E-state index contributed by atoms with van der Waals surface area (Å²) < 4.78 is 28.7. The van der Waals surface area contributed by atoms with E-state index in [1.54, 1.807) is 17.0 Å². The molecular formula is C23H37N3O5S. The quantitative estimate of drug-likeness (QED) is 0.710. The van der Waals surface area contributed by atoms with E-state index in [1.165, 1.54) is 6.26 Å². The number of hydrogen-bond acceptors (Lipinski definition) is 7. The van der Waals surface area contributed by atoms with Gasteiger partial charge in [-0.2, -0.15) is 0 Å². The molecule has 3 rings (SSSR count). The number of aliphatic hydroxyl groups excluding tert-OH is 1. The van der Waals surface area contributed by atoms with Crippen LogP contribution in [-0.4, -0.2) is 93.2 Å². The summed E-state index contributed by atoms with van der Waals surface area (Å²) in [4.78, 5) is 18.8. The van der Waals surface area contributed by atoms with Crippen LogP contribution < -0.4 is 4.90 Å². The predicted octanol–water partition coefficient (Wildman–Crippen LogP) is 2.22. The molecule has 1 aromatic rings. The van der Waals surface area contributed by atoms with Crippen LogP contribution in [-0.2, 0) is 14.6 Å². The summed E-state index contributed by atoms with van der Waals surface area (Å²) in [6.07, 6.45) is 2.11. The number of piperidine rings is 1. The number of carbonyl (C=O) groups excluding carboxylic acids is 1. The minimum Gasteiger partial charge on any atom is -0.444 e. The third-order valence-electron chi connectivity index (χ3n) is 6.18. The topological polar surface area (TPSA) is 90.4 Å². The molecule has 0 saturated carbocycles. The maximum atomic E-state index is 12.2. The smallest absolute Gasteiger partial charge is 0.410 e. The fraction of sp³-hybridized carbons (Fsp3) is 0.696. The Hall–Kier alpha value is -1.84. The van der Waals surface area contributed by atoms with Gasteiger partial charge in [-0.1, -0.05) is 0 Å². The molecule has 0 bridgehead atoms. The Bertz CT molecular complexity index is 866. The number of rotatable bonds is 5. The number of benzene rings is 1. The lowest BCUT2D eigenvalue weighted by Crippen LogP contribution is -2.50. The summed E-state index contributed by atoms with van der Waals surface area (Å²) in [5, 5.41) is 10.8. The average Bonchev–Trinajstić information content (AvgIpc) is 2.72. The number of amides is 1. The number of likely N-dealkylation sites (tertiary alicyclic amines) is 1. The van der Waals surface area contributed by atoms with Crippen molar-refractivity contribution in [2.24, 2.45) is 5.92 Å². The molecule has 0 aromatic heterocycles. The summed E-state index contributed by atoms with van der Waals surface area (Å²) in [7, 11) is -3.18.